The van der Waals surface area contributed by atoms with Gasteiger partial charge in [0.2, 0.25) is 0 Å². The summed E-state index contributed by atoms with van der Waals surface area (Å²) in [6.45, 7) is 4.55. The number of anilines is 3. The molecule has 1 heterocycles. The number of nitrogens with one attached hydrogen (secondary N) is 3. The van der Waals surface area contributed by atoms with Gasteiger partial charge in [-0.15, -0.1) is 0 Å². The van der Waals surface area contributed by atoms with Gasteiger partial charge in [0.05, 0.1) is 15.5 Å². The van der Waals surface area contributed by atoms with E-state index in [2.05, 4.69) is 20.3 Å². The first-order valence-electron chi connectivity index (χ1n) is 9.53. The van der Waals surface area contributed by atoms with Crippen LogP contribution in [-0.2, 0) is 10.0 Å². The van der Waals surface area contributed by atoms with Crippen LogP contribution in [0.3, 0.4) is 0 Å². The molecule has 3 aromatic rings. The third kappa shape index (κ3) is 5.70. The largest absolute Gasteiger partial charge is 0.378 e. The number of aryl methyl sites for hydroxylation is 2. The Hall–Kier alpha value is -3.66. The molecule has 0 radical (unpaired) electrons. The highest BCUT2D eigenvalue weighted by molar-refractivity contribution is 7.92. The molecule has 0 spiro atoms. The average Bonchev–Trinajstić information content (AvgIpc) is 2.74. The van der Waals surface area contributed by atoms with Crippen molar-refractivity contribution in [3.8, 4) is 0 Å². The summed E-state index contributed by atoms with van der Waals surface area (Å²) in [7, 11) is -3.99. The molecule has 10 heteroatoms. The van der Waals surface area contributed by atoms with Gasteiger partial charge in [-0.2, -0.15) is 0 Å². The highest BCUT2D eigenvalue weighted by atomic mass is 32.2. The molecule has 9 nitrogen and oxygen atoms in total. The quantitative estimate of drug-likeness (QED) is 0.261. The van der Waals surface area contributed by atoms with Crippen molar-refractivity contribution < 1.29 is 13.3 Å². The van der Waals surface area contributed by atoms with Crippen molar-refractivity contribution in [1.29, 1.82) is 0 Å². The summed E-state index contributed by atoms with van der Waals surface area (Å²) in [5.74, 6) is 0.692. The molecule has 0 unspecified atom stereocenters. The molecule has 2 aromatic carbocycles. The van der Waals surface area contributed by atoms with Crippen LogP contribution in [0.2, 0.25) is 0 Å². The maximum atomic E-state index is 12.8. The number of hydrogen-bond acceptors (Lipinski definition) is 7. The standard InChI is InChI=1S/C21H23N5O4S/c1-15-6-8-18(16(2)13-15)25-31(29,30)17-7-9-19(20(14-17)26(27)28)22-11-12-24-21-5-3-4-10-23-21/h3-10,13-14,22,25H,11-12H2,1-2H3,(H,23,24). The number of hydrogen-bond donors (Lipinski definition) is 3. The molecule has 162 valence electrons. The lowest BCUT2D eigenvalue weighted by Gasteiger charge is -2.13. The topological polar surface area (TPSA) is 126 Å². The summed E-state index contributed by atoms with van der Waals surface area (Å²) >= 11 is 0. The number of nitro benzene ring substituents is 1. The fourth-order valence-electron chi connectivity index (χ4n) is 2.97. The van der Waals surface area contributed by atoms with Gasteiger partial charge >= 0.3 is 0 Å². The lowest BCUT2D eigenvalue weighted by atomic mass is 10.1. The summed E-state index contributed by atoms with van der Waals surface area (Å²) in [6.07, 6.45) is 1.66. The zero-order valence-corrected chi connectivity index (χ0v) is 17.9. The van der Waals surface area contributed by atoms with Crippen molar-refractivity contribution in [2.24, 2.45) is 0 Å². The second-order valence-electron chi connectivity index (χ2n) is 6.93. The van der Waals surface area contributed by atoms with Gasteiger partial charge in [-0.25, -0.2) is 13.4 Å². The molecule has 0 aliphatic carbocycles. The third-order valence-electron chi connectivity index (χ3n) is 4.51. The van der Waals surface area contributed by atoms with Crippen LogP contribution in [0.1, 0.15) is 11.1 Å². The third-order valence-corrected chi connectivity index (χ3v) is 5.88. The lowest BCUT2D eigenvalue weighted by molar-refractivity contribution is -0.384. The first kappa shape index (κ1) is 22.0. The second kappa shape index (κ2) is 9.43. The molecule has 0 atom stereocenters. The SMILES string of the molecule is Cc1ccc(NS(=O)(=O)c2ccc(NCCNc3ccccn3)c([N+](=O)[O-])c2)c(C)c1. The van der Waals surface area contributed by atoms with Gasteiger partial charge in [0.1, 0.15) is 11.5 Å². The zero-order chi connectivity index (χ0) is 22.4. The van der Waals surface area contributed by atoms with Gasteiger partial charge in [0, 0.05) is 25.4 Å². The summed E-state index contributed by atoms with van der Waals surface area (Å²) < 4.78 is 28.0. The highest BCUT2D eigenvalue weighted by Crippen LogP contribution is 2.29. The molecule has 3 rings (SSSR count). The first-order chi connectivity index (χ1) is 14.8. The van der Waals surface area contributed by atoms with Gasteiger partial charge in [-0.3, -0.25) is 14.8 Å². The zero-order valence-electron chi connectivity index (χ0n) is 17.1. The number of rotatable bonds is 9. The van der Waals surface area contributed by atoms with Gasteiger partial charge < -0.3 is 10.6 Å². The first-order valence-corrected chi connectivity index (χ1v) is 11.0. The number of nitrogens with zero attached hydrogens (tertiary/aromatic N) is 2. The van der Waals surface area contributed by atoms with Crippen molar-refractivity contribution in [3.63, 3.8) is 0 Å². The minimum atomic E-state index is -3.99. The molecule has 0 bridgehead atoms. The number of benzene rings is 2. The van der Waals surface area contributed by atoms with Gasteiger partial charge in [0.15, 0.2) is 0 Å². The monoisotopic (exact) mass is 441 g/mol. The van der Waals surface area contributed by atoms with Crippen molar-refractivity contribution in [1.82, 2.24) is 4.98 Å². The number of nitro groups is 1. The Morgan fingerprint density at radius 1 is 0.968 bits per heavy atom. The van der Waals surface area contributed by atoms with Gasteiger partial charge in [-0.05, 0) is 49.7 Å². The maximum absolute atomic E-state index is 12.8. The van der Waals surface area contributed by atoms with E-state index in [1.54, 1.807) is 31.3 Å². The molecular formula is C21H23N5O4S. The van der Waals surface area contributed by atoms with Gasteiger partial charge in [0.25, 0.3) is 15.7 Å². The predicted octanol–water partition coefficient (Wildman–Crippen LogP) is 3.93. The number of sulfonamides is 1. The van der Waals surface area contributed by atoms with Crippen LogP contribution in [-0.4, -0.2) is 31.4 Å². The van der Waals surface area contributed by atoms with E-state index in [1.165, 1.54) is 12.1 Å². The molecular weight excluding hydrogens is 418 g/mol. The van der Waals surface area contributed by atoms with Gasteiger partial charge in [-0.1, -0.05) is 23.8 Å². The summed E-state index contributed by atoms with van der Waals surface area (Å²) in [5.41, 5.74) is 2.11. The molecule has 0 fully saturated rings. The molecule has 3 N–H and O–H groups in total. The Bertz CT molecular complexity index is 1180. The number of pyridine rings is 1. The van der Waals surface area contributed by atoms with Crippen LogP contribution in [0.25, 0.3) is 0 Å². The van der Waals surface area contributed by atoms with Crippen LogP contribution in [0.5, 0.6) is 0 Å². The average molecular weight is 442 g/mol. The van der Waals surface area contributed by atoms with E-state index in [1.807, 2.05) is 25.1 Å². The van der Waals surface area contributed by atoms with Crippen molar-refractivity contribution in [2.45, 2.75) is 18.7 Å². The Labute approximate surface area is 180 Å². The lowest BCUT2D eigenvalue weighted by Crippen LogP contribution is -2.16. The number of aromatic nitrogens is 1. The Kier molecular flexibility index (Phi) is 6.71. The summed E-state index contributed by atoms with van der Waals surface area (Å²) in [6, 6.07) is 14.6. The Morgan fingerprint density at radius 3 is 2.39 bits per heavy atom. The van der Waals surface area contributed by atoms with Crippen LogP contribution in [0.15, 0.2) is 65.7 Å². The second-order valence-corrected chi connectivity index (χ2v) is 8.61. The molecule has 0 aliphatic rings. The van der Waals surface area contributed by atoms with E-state index in [0.29, 0.717) is 24.6 Å². The molecule has 0 saturated heterocycles. The molecule has 0 aliphatic heterocycles. The smallest absolute Gasteiger partial charge is 0.293 e. The van der Waals surface area contributed by atoms with Crippen molar-refractivity contribution in [2.75, 3.05) is 28.4 Å². The Balaban J connectivity index is 1.73. The fourth-order valence-corrected chi connectivity index (χ4v) is 4.12. The molecule has 1 aromatic heterocycles. The van der Waals surface area contributed by atoms with Crippen LogP contribution in [0.4, 0.5) is 22.9 Å². The van der Waals surface area contributed by atoms with Crippen molar-refractivity contribution in [3.05, 3.63) is 82.0 Å². The van der Waals surface area contributed by atoms with Crippen molar-refractivity contribution >= 4 is 32.9 Å². The minimum Gasteiger partial charge on any atom is -0.378 e. The van der Waals surface area contributed by atoms with E-state index < -0.39 is 14.9 Å². The Morgan fingerprint density at radius 2 is 1.71 bits per heavy atom. The van der Waals surface area contributed by atoms with Crippen LogP contribution in [0, 0.1) is 24.0 Å². The van der Waals surface area contributed by atoms with E-state index in [4.69, 9.17) is 0 Å². The van der Waals surface area contributed by atoms with E-state index in [9.17, 15) is 18.5 Å². The predicted molar refractivity (Wildman–Crippen MR) is 121 cm³/mol. The minimum absolute atomic E-state index is 0.184. The highest BCUT2D eigenvalue weighted by Gasteiger charge is 2.22. The van der Waals surface area contributed by atoms with E-state index in [0.717, 1.165) is 17.2 Å². The summed E-state index contributed by atoms with van der Waals surface area (Å²) in [4.78, 5) is 14.9. The fraction of sp³-hybridized carbons (Fsp3) is 0.190. The molecule has 0 amide bonds. The van der Waals surface area contributed by atoms with Crippen LogP contribution >= 0.6 is 0 Å². The molecule has 31 heavy (non-hydrogen) atoms. The molecule has 0 saturated carbocycles. The van der Waals surface area contributed by atoms with E-state index >= 15 is 0 Å². The summed E-state index contributed by atoms with van der Waals surface area (Å²) in [5, 5.41) is 17.6. The van der Waals surface area contributed by atoms with Crippen LogP contribution < -0.4 is 15.4 Å². The maximum Gasteiger partial charge on any atom is 0.293 e. The van der Waals surface area contributed by atoms with E-state index in [-0.39, 0.29) is 16.3 Å². The normalized spacial score (nSPS) is 11.0.